The Morgan fingerprint density at radius 2 is 1.71 bits per heavy atom. The topological polar surface area (TPSA) is 52.9 Å². The Kier molecular flexibility index (Phi) is 3.47. The molecule has 0 amide bonds. The quantitative estimate of drug-likeness (QED) is 0.476. The van der Waals surface area contributed by atoms with Crippen LogP contribution < -0.4 is 0 Å². The molecule has 0 aliphatic carbocycles. The number of hydrazine groups is 1. The highest BCUT2D eigenvalue weighted by Crippen LogP contribution is 2.41. The van der Waals surface area contributed by atoms with Crippen molar-refractivity contribution in [1.29, 1.82) is 0 Å². The molecule has 1 atom stereocenters. The van der Waals surface area contributed by atoms with E-state index in [2.05, 4.69) is 17.1 Å². The van der Waals surface area contributed by atoms with E-state index in [0.29, 0.717) is 23.8 Å². The molecule has 7 heteroatoms. The molecule has 0 radical (unpaired) electrons. The van der Waals surface area contributed by atoms with Crippen LogP contribution >= 0.6 is 12.2 Å². The Bertz CT molecular complexity index is 841. The van der Waals surface area contributed by atoms with Crippen molar-refractivity contribution in [2.24, 2.45) is 0 Å². The highest BCUT2D eigenvalue weighted by Gasteiger charge is 2.44. The number of nitro benzene ring substituents is 1. The second kappa shape index (κ2) is 5.54. The van der Waals surface area contributed by atoms with Gasteiger partial charge in [0, 0.05) is 19.7 Å². The van der Waals surface area contributed by atoms with Gasteiger partial charge < -0.3 is 4.90 Å². The molecule has 24 heavy (non-hydrogen) atoms. The number of thiocarbonyl (C=S) groups is 1. The van der Waals surface area contributed by atoms with Gasteiger partial charge in [0.1, 0.15) is 6.17 Å². The number of nitrogens with zero attached hydrogens (tertiary/aromatic N) is 4. The summed E-state index contributed by atoms with van der Waals surface area (Å²) in [5, 5.41) is 16.3. The van der Waals surface area contributed by atoms with Gasteiger partial charge in [-0.1, -0.05) is 36.4 Å². The first kappa shape index (κ1) is 15.0. The smallest absolute Gasteiger partial charge is 0.276 e. The molecule has 2 aromatic carbocycles. The molecule has 1 saturated heterocycles. The molecule has 1 unspecified atom stereocenters. The Balaban J connectivity index is 1.80. The van der Waals surface area contributed by atoms with E-state index in [4.69, 9.17) is 12.2 Å². The number of fused-ring (bicyclic) bond motifs is 2. The number of hydrogen-bond acceptors (Lipinski definition) is 4. The first-order chi connectivity index (χ1) is 11.6. The molecular formula is C17H16N4O2S. The van der Waals surface area contributed by atoms with Gasteiger partial charge in [0.2, 0.25) is 0 Å². The zero-order valence-corrected chi connectivity index (χ0v) is 13.9. The van der Waals surface area contributed by atoms with Crippen LogP contribution in [0.1, 0.15) is 22.9 Å². The van der Waals surface area contributed by atoms with Crippen molar-refractivity contribution in [1.82, 2.24) is 14.9 Å². The van der Waals surface area contributed by atoms with Gasteiger partial charge in [0.05, 0.1) is 17.0 Å². The summed E-state index contributed by atoms with van der Waals surface area (Å²) in [6.07, 6.45) is -0.271. The number of para-hydroxylation sites is 1. The minimum absolute atomic E-state index is 0.123. The lowest BCUT2D eigenvalue weighted by atomic mass is 10.0. The first-order valence-electron chi connectivity index (χ1n) is 7.69. The van der Waals surface area contributed by atoms with E-state index >= 15 is 0 Å². The predicted octanol–water partition coefficient (Wildman–Crippen LogP) is 3.06. The van der Waals surface area contributed by atoms with Gasteiger partial charge >= 0.3 is 0 Å². The fraction of sp³-hybridized carbons (Fsp3) is 0.235. The molecule has 122 valence electrons. The number of rotatable bonds is 2. The van der Waals surface area contributed by atoms with Crippen molar-refractivity contribution in [2.75, 3.05) is 7.05 Å². The average molecular weight is 340 g/mol. The van der Waals surface area contributed by atoms with Gasteiger partial charge in [-0.25, -0.2) is 0 Å². The standard InChI is InChI=1S/C17H16N4O2S/c1-18-16(14-8-4-5-9-15(14)21(22)23)19-10-12-6-2-3-7-13(12)11-20(19)17(18)24/h2-9,16H,10-11H2,1H3. The van der Waals surface area contributed by atoms with Gasteiger partial charge in [-0.15, -0.1) is 0 Å². The molecule has 2 heterocycles. The fourth-order valence-corrected chi connectivity index (χ4v) is 3.77. The SMILES string of the molecule is CN1C(=S)N2Cc3ccccc3CN2C1c1ccccc1[N+](=O)[O-]. The molecule has 0 bridgehead atoms. The van der Waals surface area contributed by atoms with Gasteiger partial charge in [-0.2, -0.15) is 5.01 Å². The lowest BCUT2D eigenvalue weighted by Crippen LogP contribution is -2.42. The maximum atomic E-state index is 11.4. The molecular weight excluding hydrogens is 324 g/mol. The third-order valence-corrected chi connectivity index (χ3v) is 5.16. The second-order valence-corrected chi connectivity index (χ2v) is 6.37. The summed E-state index contributed by atoms with van der Waals surface area (Å²) in [7, 11) is 1.90. The van der Waals surface area contributed by atoms with Crippen LogP contribution in [0.5, 0.6) is 0 Å². The van der Waals surface area contributed by atoms with Crippen LogP contribution in [0.4, 0.5) is 5.69 Å². The zero-order valence-electron chi connectivity index (χ0n) is 13.1. The van der Waals surface area contributed by atoms with Crippen molar-refractivity contribution in [3.63, 3.8) is 0 Å². The van der Waals surface area contributed by atoms with E-state index < -0.39 is 0 Å². The van der Waals surface area contributed by atoms with Crippen molar-refractivity contribution in [3.05, 3.63) is 75.3 Å². The van der Waals surface area contributed by atoms with Gasteiger partial charge in [0.25, 0.3) is 5.69 Å². The first-order valence-corrected chi connectivity index (χ1v) is 8.09. The molecule has 0 saturated carbocycles. The van der Waals surface area contributed by atoms with Crippen LogP contribution in [0, 0.1) is 10.1 Å². The van der Waals surface area contributed by atoms with Crippen LogP contribution in [0.3, 0.4) is 0 Å². The van der Waals surface area contributed by atoms with Gasteiger partial charge in [-0.05, 0) is 29.4 Å². The summed E-state index contributed by atoms with van der Waals surface area (Å²) in [6, 6.07) is 15.1. The van der Waals surface area contributed by atoms with Gasteiger partial charge in [-0.3, -0.25) is 15.1 Å². The van der Waals surface area contributed by atoms with E-state index in [1.165, 1.54) is 11.1 Å². The van der Waals surface area contributed by atoms with Crippen LogP contribution in [0.25, 0.3) is 0 Å². The average Bonchev–Trinajstić information content (AvgIpc) is 2.83. The zero-order chi connectivity index (χ0) is 16.8. The molecule has 2 aliphatic heterocycles. The Morgan fingerprint density at radius 1 is 1.08 bits per heavy atom. The van der Waals surface area contributed by atoms with Crippen LogP contribution in [0.2, 0.25) is 0 Å². The summed E-state index contributed by atoms with van der Waals surface area (Å²) < 4.78 is 0. The number of benzene rings is 2. The molecule has 4 rings (SSSR count). The van der Waals surface area contributed by atoms with Crippen molar-refractivity contribution >= 4 is 23.0 Å². The maximum absolute atomic E-state index is 11.4. The van der Waals surface area contributed by atoms with Crippen LogP contribution in [0.15, 0.2) is 48.5 Å². The molecule has 2 aliphatic rings. The molecule has 0 spiro atoms. The predicted molar refractivity (Wildman–Crippen MR) is 93.7 cm³/mol. The minimum Gasteiger partial charge on any atom is -0.329 e. The van der Waals surface area contributed by atoms with E-state index in [-0.39, 0.29) is 16.8 Å². The van der Waals surface area contributed by atoms with Crippen LogP contribution in [-0.4, -0.2) is 32.0 Å². The van der Waals surface area contributed by atoms with Crippen molar-refractivity contribution < 1.29 is 4.92 Å². The summed E-state index contributed by atoms with van der Waals surface area (Å²) in [6.45, 7) is 1.37. The maximum Gasteiger partial charge on any atom is 0.276 e. The third kappa shape index (κ3) is 2.16. The molecule has 1 fully saturated rings. The summed E-state index contributed by atoms with van der Waals surface area (Å²) >= 11 is 5.59. The highest BCUT2D eigenvalue weighted by atomic mass is 32.1. The second-order valence-electron chi connectivity index (χ2n) is 6.01. The van der Waals surface area contributed by atoms with E-state index in [1.807, 2.05) is 41.2 Å². The Labute approximate surface area is 145 Å². The van der Waals surface area contributed by atoms with Crippen molar-refractivity contribution in [2.45, 2.75) is 19.3 Å². The molecule has 0 aromatic heterocycles. The third-order valence-electron chi connectivity index (χ3n) is 4.66. The summed E-state index contributed by atoms with van der Waals surface area (Å²) in [4.78, 5) is 13.1. The monoisotopic (exact) mass is 340 g/mol. The highest BCUT2D eigenvalue weighted by molar-refractivity contribution is 7.80. The van der Waals surface area contributed by atoms with E-state index in [9.17, 15) is 10.1 Å². The lowest BCUT2D eigenvalue weighted by Gasteiger charge is -2.36. The Hall–Kier alpha value is -2.51. The largest absolute Gasteiger partial charge is 0.329 e. The molecule has 0 N–H and O–H groups in total. The van der Waals surface area contributed by atoms with E-state index in [1.54, 1.807) is 12.1 Å². The normalized spacial score (nSPS) is 20.0. The van der Waals surface area contributed by atoms with Gasteiger partial charge in [0.15, 0.2) is 5.11 Å². The summed E-state index contributed by atoms with van der Waals surface area (Å²) in [5.74, 6) is 0. The van der Waals surface area contributed by atoms with Crippen molar-refractivity contribution in [3.8, 4) is 0 Å². The summed E-state index contributed by atoms with van der Waals surface area (Å²) in [5.41, 5.74) is 3.26. The molecule has 6 nitrogen and oxygen atoms in total. The lowest BCUT2D eigenvalue weighted by molar-refractivity contribution is -0.386. The Morgan fingerprint density at radius 3 is 2.42 bits per heavy atom. The van der Waals surface area contributed by atoms with Crippen LogP contribution in [-0.2, 0) is 13.1 Å². The minimum atomic E-state index is -0.327. The number of hydrogen-bond donors (Lipinski definition) is 0. The van der Waals surface area contributed by atoms with E-state index in [0.717, 1.165) is 0 Å². The number of nitro groups is 1. The fourth-order valence-electron chi connectivity index (χ4n) is 3.50. The molecule has 2 aromatic rings.